The van der Waals surface area contributed by atoms with Crippen LogP contribution in [0.25, 0.3) is 0 Å². The van der Waals surface area contributed by atoms with Gasteiger partial charge in [-0.3, -0.25) is 0 Å². The number of halogens is 4. The van der Waals surface area contributed by atoms with Crippen LogP contribution in [0.2, 0.25) is 0 Å². The quantitative estimate of drug-likeness (QED) is 0.384. The van der Waals surface area contributed by atoms with Gasteiger partial charge in [0.1, 0.15) is 5.83 Å². The summed E-state index contributed by atoms with van der Waals surface area (Å²) in [6.45, 7) is 3.69. The predicted octanol–water partition coefficient (Wildman–Crippen LogP) is 7.58. The summed E-state index contributed by atoms with van der Waals surface area (Å²) in [5.74, 6) is 0.751. The highest BCUT2D eigenvalue weighted by Crippen LogP contribution is 2.39. The molecule has 3 rings (SSSR count). The molecule has 0 unspecified atom stereocenters. The lowest BCUT2D eigenvalue weighted by molar-refractivity contribution is -0.230. The van der Waals surface area contributed by atoms with Crippen molar-refractivity contribution in [1.29, 1.82) is 0 Å². The van der Waals surface area contributed by atoms with Crippen LogP contribution in [-0.4, -0.2) is 25.7 Å². The zero-order valence-corrected chi connectivity index (χ0v) is 18.3. The predicted molar refractivity (Wildman–Crippen MR) is 109 cm³/mol. The topological polar surface area (TPSA) is 18.5 Å². The van der Waals surface area contributed by atoms with Gasteiger partial charge >= 0.3 is 6.18 Å². The van der Waals surface area contributed by atoms with E-state index < -0.39 is 17.9 Å². The second-order valence-corrected chi connectivity index (χ2v) is 9.84. The molecule has 0 bridgehead atoms. The normalized spacial score (nSPS) is 36.6. The average molecular weight is 435 g/mol. The molecule has 6 heteroatoms. The van der Waals surface area contributed by atoms with E-state index in [9.17, 15) is 17.6 Å². The molecule has 0 aromatic heterocycles. The smallest absolute Gasteiger partial charge is 0.352 e. The number of allylic oxidation sites excluding steroid dienone is 2. The fourth-order valence-corrected chi connectivity index (χ4v) is 5.63. The summed E-state index contributed by atoms with van der Waals surface area (Å²) in [7, 11) is 0. The van der Waals surface area contributed by atoms with Gasteiger partial charge in [0, 0.05) is 17.8 Å². The number of rotatable bonds is 7. The van der Waals surface area contributed by atoms with Crippen molar-refractivity contribution in [2.75, 3.05) is 13.2 Å². The van der Waals surface area contributed by atoms with Crippen molar-refractivity contribution < 1.29 is 27.0 Å². The van der Waals surface area contributed by atoms with E-state index in [-0.39, 0.29) is 18.3 Å². The van der Waals surface area contributed by atoms with Crippen LogP contribution < -0.4 is 0 Å². The maximum Gasteiger partial charge on any atom is 0.412 e. The lowest BCUT2D eigenvalue weighted by Gasteiger charge is -2.38. The third-order valence-electron chi connectivity index (χ3n) is 7.49. The molecule has 30 heavy (non-hydrogen) atoms. The van der Waals surface area contributed by atoms with Crippen molar-refractivity contribution in [2.45, 2.75) is 96.4 Å². The molecule has 2 aliphatic carbocycles. The molecule has 0 N–H and O–H groups in total. The molecule has 1 saturated heterocycles. The van der Waals surface area contributed by atoms with E-state index in [4.69, 9.17) is 9.47 Å². The van der Waals surface area contributed by atoms with Crippen molar-refractivity contribution in [2.24, 2.45) is 29.6 Å². The van der Waals surface area contributed by atoms with Crippen LogP contribution in [0.15, 0.2) is 11.9 Å². The van der Waals surface area contributed by atoms with Gasteiger partial charge in [-0.05, 0) is 43.9 Å². The average Bonchev–Trinajstić information content (AvgIpc) is 2.73. The Hall–Kier alpha value is -0.620. The molecule has 0 amide bonds. The molecule has 0 aromatic rings. The fraction of sp³-hybridized carbons (Fsp3) is 0.917. The van der Waals surface area contributed by atoms with Gasteiger partial charge in [-0.25, -0.2) is 4.39 Å². The van der Waals surface area contributed by atoms with Crippen LogP contribution in [0.1, 0.15) is 84.0 Å². The molecule has 0 spiro atoms. The summed E-state index contributed by atoms with van der Waals surface area (Å²) in [4.78, 5) is 0. The summed E-state index contributed by atoms with van der Waals surface area (Å²) in [5, 5.41) is 0. The van der Waals surface area contributed by atoms with Crippen LogP contribution >= 0.6 is 0 Å². The lowest BCUT2D eigenvalue weighted by Crippen LogP contribution is -2.38. The van der Waals surface area contributed by atoms with Gasteiger partial charge in [0.2, 0.25) is 0 Å². The zero-order chi connectivity index (χ0) is 21.6. The van der Waals surface area contributed by atoms with Gasteiger partial charge in [-0.1, -0.05) is 51.9 Å². The Labute approximate surface area is 178 Å². The highest BCUT2D eigenvalue weighted by Gasteiger charge is 2.35. The molecule has 3 fully saturated rings. The second-order valence-electron chi connectivity index (χ2n) is 9.84. The maximum atomic E-state index is 13.8. The molecular formula is C24H38F4O2. The minimum absolute atomic E-state index is 0.162. The van der Waals surface area contributed by atoms with E-state index in [1.165, 1.54) is 44.9 Å². The first-order valence-corrected chi connectivity index (χ1v) is 12.0. The van der Waals surface area contributed by atoms with Crippen molar-refractivity contribution in [1.82, 2.24) is 0 Å². The minimum Gasteiger partial charge on any atom is -0.352 e. The summed E-state index contributed by atoms with van der Waals surface area (Å²) in [6.07, 6.45) is 7.71. The molecule has 1 aliphatic heterocycles. The van der Waals surface area contributed by atoms with Crippen LogP contribution in [0.4, 0.5) is 17.6 Å². The standard InChI is InChI=1S/C24H38F4O2/c1-2-3-17-4-6-18(7-5-17)8-9-19-15-29-23(30-16-19)21-12-10-20(11-13-21)22(25)14-24(26,27)28/h14,17-21,23H,2-13,15-16H2,1H3. The number of alkyl halides is 3. The summed E-state index contributed by atoms with van der Waals surface area (Å²) >= 11 is 0. The Kier molecular flexibility index (Phi) is 9.06. The van der Waals surface area contributed by atoms with Gasteiger partial charge in [0.05, 0.1) is 19.3 Å². The van der Waals surface area contributed by atoms with E-state index in [0.717, 1.165) is 18.3 Å². The van der Waals surface area contributed by atoms with Gasteiger partial charge in [0.25, 0.3) is 0 Å². The van der Waals surface area contributed by atoms with Gasteiger partial charge in [-0.2, -0.15) is 13.2 Å². The number of ether oxygens (including phenoxy) is 2. The summed E-state index contributed by atoms with van der Waals surface area (Å²) in [5.41, 5.74) is 0. The third-order valence-corrected chi connectivity index (χ3v) is 7.49. The Bertz CT molecular complexity index is 524. The van der Waals surface area contributed by atoms with E-state index in [2.05, 4.69) is 6.92 Å². The molecule has 3 aliphatic rings. The lowest BCUT2D eigenvalue weighted by atomic mass is 9.77. The maximum absolute atomic E-state index is 13.8. The van der Waals surface area contributed by atoms with Crippen molar-refractivity contribution >= 4 is 0 Å². The summed E-state index contributed by atoms with van der Waals surface area (Å²) < 4.78 is 62.8. The first-order valence-electron chi connectivity index (χ1n) is 12.0. The molecule has 0 radical (unpaired) electrons. The molecule has 1 heterocycles. The molecule has 0 aromatic carbocycles. The molecular weight excluding hydrogens is 396 g/mol. The first-order chi connectivity index (χ1) is 14.3. The van der Waals surface area contributed by atoms with Gasteiger partial charge < -0.3 is 9.47 Å². The van der Waals surface area contributed by atoms with Crippen molar-refractivity contribution in [3.05, 3.63) is 11.9 Å². The van der Waals surface area contributed by atoms with Gasteiger partial charge in [0.15, 0.2) is 6.29 Å². The Balaban J connectivity index is 1.31. The third kappa shape index (κ3) is 7.51. The Morgan fingerprint density at radius 2 is 1.33 bits per heavy atom. The molecule has 0 atom stereocenters. The van der Waals surface area contributed by atoms with E-state index in [0.29, 0.717) is 44.8 Å². The van der Waals surface area contributed by atoms with E-state index in [1.807, 2.05) is 0 Å². The molecule has 174 valence electrons. The zero-order valence-electron chi connectivity index (χ0n) is 18.3. The number of hydrogen-bond donors (Lipinski definition) is 0. The molecule has 2 saturated carbocycles. The highest BCUT2D eigenvalue weighted by molar-refractivity contribution is 5.03. The van der Waals surface area contributed by atoms with Gasteiger partial charge in [-0.15, -0.1) is 0 Å². The SMILES string of the molecule is CCCC1CCC(CCC2COC(C3CCC(C(F)=CC(F)(F)F)CC3)OC2)CC1. The fourth-order valence-electron chi connectivity index (χ4n) is 5.63. The van der Waals surface area contributed by atoms with Crippen LogP contribution in [0.5, 0.6) is 0 Å². The Morgan fingerprint density at radius 1 is 0.800 bits per heavy atom. The van der Waals surface area contributed by atoms with Crippen LogP contribution in [0, 0.1) is 29.6 Å². The van der Waals surface area contributed by atoms with E-state index >= 15 is 0 Å². The highest BCUT2D eigenvalue weighted by atomic mass is 19.4. The molecule has 2 nitrogen and oxygen atoms in total. The first kappa shape index (κ1) is 24.0. The number of hydrogen-bond acceptors (Lipinski definition) is 2. The largest absolute Gasteiger partial charge is 0.412 e. The minimum atomic E-state index is -4.58. The second kappa shape index (κ2) is 11.3. The monoisotopic (exact) mass is 434 g/mol. The van der Waals surface area contributed by atoms with E-state index in [1.54, 1.807) is 0 Å². The van der Waals surface area contributed by atoms with Crippen LogP contribution in [-0.2, 0) is 9.47 Å². The Morgan fingerprint density at radius 3 is 1.87 bits per heavy atom. The van der Waals surface area contributed by atoms with Crippen molar-refractivity contribution in [3.63, 3.8) is 0 Å². The van der Waals surface area contributed by atoms with Crippen molar-refractivity contribution in [3.8, 4) is 0 Å². The van der Waals surface area contributed by atoms with Crippen LogP contribution in [0.3, 0.4) is 0 Å². The summed E-state index contributed by atoms with van der Waals surface area (Å²) in [6, 6.07) is 0.